The van der Waals surface area contributed by atoms with E-state index in [0.717, 1.165) is 29.6 Å². The van der Waals surface area contributed by atoms with Gasteiger partial charge in [-0.1, -0.05) is 27.2 Å². The Balaban J connectivity index is 2.17. The van der Waals surface area contributed by atoms with Crippen molar-refractivity contribution in [1.82, 2.24) is 4.98 Å². The van der Waals surface area contributed by atoms with Crippen LogP contribution in [0.4, 0.5) is 5.69 Å². The number of nitrogens with one attached hydrogen (secondary N) is 1. The number of carbonyl (C=O) groups is 1. The van der Waals surface area contributed by atoms with Gasteiger partial charge in [0.25, 0.3) is 0 Å². The maximum atomic E-state index is 12.1. The first-order valence-electron chi connectivity index (χ1n) is 7.46. The van der Waals surface area contributed by atoms with E-state index in [2.05, 4.69) is 10.3 Å². The SMILES string of the molecule is CCCC(CN)C(=O)Nc1ccc2oc(C(C)C)nc2c1. The maximum absolute atomic E-state index is 12.1. The molecule has 0 aliphatic carbocycles. The van der Waals surface area contributed by atoms with Gasteiger partial charge in [-0.2, -0.15) is 0 Å². The van der Waals surface area contributed by atoms with Gasteiger partial charge in [0.05, 0.1) is 5.92 Å². The zero-order chi connectivity index (χ0) is 15.4. The highest BCUT2D eigenvalue weighted by Gasteiger charge is 2.16. The van der Waals surface area contributed by atoms with E-state index in [0.29, 0.717) is 12.4 Å². The van der Waals surface area contributed by atoms with Crippen molar-refractivity contribution >= 4 is 22.7 Å². The van der Waals surface area contributed by atoms with E-state index in [-0.39, 0.29) is 17.7 Å². The van der Waals surface area contributed by atoms with Crippen LogP contribution in [-0.4, -0.2) is 17.4 Å². The second-order valence-corrected chi connectivity index (χ2v) is 5.60. The molecule has 1 amide bonds. The normalized spacial score (nSPS) is 12.8. The lowest BCUT2D eigenvalue weighted by molar-refractivity contribution is -0.119. The lowest BCUT2D eigenvalue weighted by Gasteiger charge is -2.13. The summed E-state index contributed by atoms with van der Waals surface area (Å²) in [6.07, 6.45) is 1.74. The second kappa shape index (κ2) is 6.72. The van der Waals surface area contributed by atoms with E-state index < -0.39 is 0 Å². The number of carbonyl (C=O) groups excluding carboxylic acids is 1. The molecular weight excluding hydrogens is 266 g/mol. The summed E-state index contributed by atoms with van der Waals surface area (Å²) in [5.74, 6) is 0.765. The Bertz CT molecular complexity index is 619. The highest BCUT2D eigenvalue weighted by atomic mass is 16.3. The third-order valence-electron chi connectivity index (χ3n) is 3.46. The molecule has 1 heterocycles. The summed E-state index contributed by atoms with van der Waals surface area (Å²) in [7, 11) is 0. The zero-order valence-corrected chi connectivity index (χ0v) is 12.8. The van der Waals surface area contributed by atoms with E-state index in [1.54, 1.807) is 0 Å². The Morgan fingerprint density at radius 2 is 2.19 bits per heavy atom. The molecule has 0 saturated heterocycles. The number of aromatic nitrogens is 1. The number of oxazole rings is 1. The van der Waals surface area contributed by atoms with Crippen LogP contribution in [-0.2, 0) is 4.79 Å². The van der Waals surface area contributed by atoms with Crippen LogP contribution in [0.25, 0.3) is 11.1 Å². The summed E-state index contributed by atoms with van der Waals surface area (Å²) in [6, 6.07) is 5.50. The third-order valence-corrected chi connectivity index (χ3v) is 3.46. The van der Waals surface area contributed by atoms with Crippen LogP contribution in [0.2, 0.25) is 0 Å². The molecule has 0 bridgehead atoms. The molecule has 2 rings (SSSR count). The minimum Gasteiger partial charge on any atom is -0.440 e. The lowest BCUT2D eigenvalue weighted by Crippen LogP contribution is -2.29. The summed E-state index contributed by atoms with van der Waals surface area (Å²) in [4.78, 5) is 16.6. The number of hydrogen-bond donors (Lipinski definition) is 2. The molecule has 0 aliphatic rings. The molecule has 0 aliphatic heterocycles. The summed E-state index contributed by atoms with van der Waals surface area (Å²) < 4.78 is 5.65. The first-order valence-corrected chi connectivity index (χ1v) is 7.46. The predicted molar refractivity (Wildman–Crippen MR) is 84.2 cm³/mol. The molecule has 1 unspecified atom stereocenters. The van der Waals surface area contributed by atoms with Gasteiger partial charge in [0.2, 0.25) is 5.91 Å². The van der Waals surface area contributed by atoms with Crippen LogP contribution in [0.15, 0.2) is 22.6 Å². The van der Waals surface area contributed by atoms with Crippen molar-refractivity contribution in [3.05, 3.63) is 24.1 Å². The monoisotopic (exact) mass is 289 g/mol. The number of nitrogens with zero attached hydrogens (tertiary/aromatic N) is 1. The van der Waals surface area contributed by atoms with Crippen molar-refractivity contribution in [2.45, 2.75) is 39.5 Å². The van der Waals surface area contributed by atoms with Crippen molar-refractivity contribution in [3.8, 4) is 0 Å². The number of nitrogens with two attached hydrogens (primary N) is 1. The average Bonchev–Trinajstić information content (AvgIpc) is 2.88. The van der Waals surface area contributed by atoms with Crippen molar-refractivity contribution in [2.75, 3.05) is 11.9 Å². The fourth-order valence-corrected chi connectivity index (χ4v) is 2.22. The van der Waals surface area contributed by atoms with Gasteiger partial charge in [-0.3, -0.25) is 4.79 Å². The Labute approximate surface area is 124 Å². The van der Waals surface area contributed by atoms with Crippen molar-refractivity contribution in [1.29, 1.82) is 0 Å². The third kappa shape index (κ3) is 3.61. The quantitative estimate of drug-likeness (QED) is 0.855. The molecule has 3 N–H and O–H groups in total. The Morgan fingerprint density at radius 3 is 2.81 bits per heavy atom. The molecule has 21 heavy (non-hydrogen) atoms. The first kappa shape index (κ1) is 15.5. The highest BCUT2D eigenvalue weighted by Crippen LogP contribution is 2.24. The molecule has 1 aromatic heterocycles. The molecule has 2 aromatic rings. The van der Waals surface area contributed by atoms with Crippen molar-refractivity contribution < 1.29 is 9.21 Å². The van der Waals surface area contributed by atoms with Crippen LogP contribution in [0, 0.1) is 5.92 Å². The molecule has 0 spiro atoms. The summed E-state index contributed by atoms with van der Waals surface area (Å²) in [6.45, 7) is 6.47. The Hall–Kier alpha value is -1.88. The van der Waals surface area contributed by atoms with Gasteiger partial charge in [0, 0.05) is 18.2 Å². The molecule has 1 atom stereocenters. The number of fused-ring (bicyclic) bond motifs is 1. The van der Waals surface area contributed by atoms with Crippen LogP contribution in [0.3, 0.4) is 0 Å². The van der Waals surface area contributed by atoms with Gasteiger partial charge in [-0.05, 0) is 24.6 Å². The summed E-state index contributed by atoms with van der Waals surface area (Å²) in [5.41, 5.74) is 7.88. The molecule has 5 nitrogen and oxygen atoms in total. The molecule has 0 radical (unpaired) electrons. The van der Waals surface area contributed by atoms with Gasteiger partial charge >= 0.3 is 0 Å². The van der Waals surface area contributed by atoms with Gasteiger partial charge in [-0.15, -0.1) is 0 Å². The number of benzene rings is 1. The van der Waals surface area contributed by atoms with Gasteiger partial charge in [0.1, 0.15) is 5.52 Å². The molecular formula is C16H23N3O2. The molecule has 114 valence electrons. The van der Waals surface area contributed by atoms with E-state index in [1.165, 1.54) is 0 Å². The summed E-state index contributed by atoms with van der Waals surface area (Å²) in [5, 5.41) is 2.91. The number of rotatable bonds is 6. The molecule has 5 heteroatoms. The van der Waals surface area contributed by atoms with E-state index in [9.17, 15) is 4.79 Å². The molecule has 0 fully saturated rings. The fourth-order valence-electron chi connectivity index (χ4n) is 2.22. The van der Waals surface area contributed by atoms with Gasteiger partial charge in [0.15, 0.2) is 11.5 Å². The lowest BCUT2D eigenvalue weighted by atomic mass is 10.0. The number of hydrogen-bond acceptors (Lipinski definition) is 4. The van der Waals surface area contributed by atoms with E-state index in [1.807, 2.05) is 39.0 Å². The van der Waals surface area contributed by atoms with Crippen molar-refractivity contribution in [2.24, 2.45) is 11.7 Å². The first-order chi connectivity index (χ1) is 10.0. The topological polar surface area (TPSA) is 81.2 Å². The van der Waals surface area contributed by atoms with Crippen LogP contribution in [0.5, 0.6) is 0 Å². The second-order valence-electron chi connectivity index (χ2n) is 5.60. The number of anilines is 1. The Morgan fingerprint density at radius 1 is 1.43 bits per heavy atom. The minimum absolute atomic E-state index is 0.0359. The maximum Gasteiger partial charge on any atom is 0.228 e. The van der Waals surface area contributed by atoms with Crippen molar-refractivity contribution in [3.63, 3.8) is 0 Å². The van der Waals surface area contributed by atoms with Gasteiger partial charge in [-0.25, -0.2) is 4.98 Å². The average molecular weight is 289 g/mol. The van der Waals surface area contributed by atoms with Gasteiger partial charge < -0.3 is 15.5 Å². The van der Waals surface area contributed by atoms with Crippen LogP contribution >= 0.6 is 0 Å². The summed E-state index contributed by atoms with van der Waals surface area (Å²) >= 11 is 0. The predicted octanol–water partition coefficient (Wildman–Crippen LogP) is 3.26. The largest absolute Gasteiger partial charge is 0.440 e. The Kier molecular flexibility index (Phi) is 4.96. The van der Waals surface area contributed by atoms with E-state index >= 15 is 0 Å². The van der Waals surface area contributed by atoms with Crippen LogP contribution < -0.4 is 11.1 Å². The van der Waals surface area contributed by atoms with E-state index in [4.69, 9.17) is 10.2 Å². The minimum atomic E-state index is -0.144. The molecule has 1 aromatic carbocycles. The van der Waals surface area contributed by atoms with Crippen LogP contribution in [0.1, 0.15) is 45.4 Å². The fraction of sp³-hybridized carbons (Fsp3) is 0.500. The smallest absolute Gasteiger partial charge is 0.228 e. The highest BCUT2D eigenvalue weighted by molar-refractivity contribution is 5.94. The zero-order valence-electron chi connectivity index (χ0n) is 12.8. The molecule has 0 saturated carbocycles. The standard InChI is InChI=1S/C16H23N3O2/c1-4-5-11(9-17)15(20)18-12-6-7-14-13(8-12)19-16(21-14)10(2)3/h6-8,10-11H,4-5,9,17H2,1-3H3,(H,18,20). The number of amides is 1.